The Kier molecular flexibility index (Phi) is 4.20. The molecule has 1 saturated heterocycles. The maximum Gasteiger partial charge on any atom is 0.246 e. The summed E-state index contributed by atoms with van der Waals surface area (Å²) < 4.78 is 0. The zero-order valence-corrected chi connectivity index (χ0v) is 11.4. The van der Waals surface area contributed by atoms with Crippen LogP contribution in [0.5, 0.6) is 0 Å². The van der Waals surface area contributed by atoms with E-state index in [0.717, 1.165) is 12.0 Å². The number of nitrogens with zero attached hydrogens (tertiary/aromatic N) is 1. The summed E-state index contributed by atoms with van der Waals surface area (Å²) in [6, 6.07) is 9.38. The monoisotopic (exact) mass is 260 g/mol. The third-order valence-corrected chi connectivity index (χ3v) is 3.56. The fourth-order valence-corrected chi connectivity index (χ4v) is 2.46. The van der Waals surface area contributed by atoms with Crippen LogP contribution in [0.4, 0.5) is 0 Å². The first-order valence-electron chi connectivity index (χ1n) is 6.78. The summed E-state index contributed by atoms with van der Waals surface area (Å²) in [4.78, 5) is 25.8. The number of hydrogen-bond donors (Lipinski definition) is 1. The molecule has 2 amide bonds. The number of benzene rings is 1. The number of carbonyl (C=O) groups excluding carboxylic acids is 2. The zero-order valence-electron chi connectivity index (χ0n) is 11.4. The zero-order chi connectivity index (χ0) is 13.8. The highest BCUT2D eigenvalue weighted by molar-refractivity contribution is 5.95. The van der Waals surface area contributed by atoms with Gasteiger partial charge in [-0.05, 0) is 18.9 Å². The van der Waals surface area contributed by atoms with Gasteiger partial charge in [-0.1, -0.05) is 43.7 Å². The topological polar surface area (TPSA) is 49.4 Å². The summed E-state index contributed by atoms with van der Waals surface area (Å²) in [5.74, 6) is -0.0429. The van der Waals surface area contributed by atoms with Gasteiger partial charge < -0.3 is 10.2 Å². The Morgan fingerprint density at radius 1 is 1.32 bits per heavy atom. The minimum atomic E-state index is -0.364. The molecule has 4 nitrogen and oxygen atoms in total. The van der Waals surface area contributed by atoms with Crippen molar-refractivity contribution in [1.29, 1.82) is 0 Å². The molecule has 1 aliphatic heterocycles. The molecule has 0 aromatic heterocycles. The molecule has 19 heavy (non-hydrogen) atoms. The predicted molar refractivity (Wildman–Crippen MR) is 73.4 cm³/mol. The molecule has 2 unspecified atom stereocenters. The summed E-state index contributed by atoms with van der Waals surface area (Å²) in [5.41, 5.74) is 1.06. The summed E-state index contributed by atoms with van der Waals surface area (Å²) in [6.45, 7) is 4.13. The molecule has 1 heterocycles. The van der Waals surface area contributed by atoms with Gasteiger partial charge in [0.05, 0.1) is 6.04 Å². The van der Waals surface area contributed by atoms with E-state index in [1.807, 2.05) is 44.2 Å². The maximum absolute atomic E-state index is 12.4. The quantitative estimate of drug-likeness (QED) is 0.898. The summed E-state index contributed by atoms with van der Waals surface area (Å²) in [7, 11) is 0. The van der Waals surface area contributed by atoms with Crippen molar-refractivity contribution >= 4 is 11.8 Å². The molecule has 1 aromatic carbocycles. The van der Waals surface area contributed by atoms with Gasteiger partial charge in [-0.25, -0.2) is 0 Å². The molecule has 0 spiro atoms. The third-order valence-electron chi connectivity index (χ3n) is 3.56. The lowest BCUT2D eigenvalue weighted by molar-refractivity contribution is -0.146. The lowest BCUT2D eigenvalue weighted by atomic mass is 10.0. The van der Waals surface area contributed by atoms with Crippen LogP contribution in [0.25, 0.3) is 0 Å². The van der Waals surface area contributed by atoms with Gasteiger partial charge in [0.25, 0.3) is 0 Å². The van der Waals surface area contributed by atoms with Gasteiger partial charge in [-0.2, -0.15) is 0 Å². The Hall–Kier alpha value is -1.84. The first kappa shape index (κ1) is 13.6. The van der Waals surface area contributed by atoms with E-state index >= 15 is 0 Å². The second kappa shape index (κ2) is 5.87. The highest BCUT2D eigenvalue weighted by Crippen LogP contribution is 2.23. The van der Waals surface area contributed by atoms with Gasteiger partial charge in [-0.15, -0.1) is 0 Å². The van der Waals surface area contributed by atoms with Crippen LogP contribution < -0.4 is 5.32 Å². The van der Waals surface area contributed by atoms with Crippen LogP contribution in [-0.4, -0.2) is 29.3 Å². The number of amides is 2. The molecule has 0 bridgehead atoms. The molecule has 4 heteroatoms. The SMILES string of the molecule is CCCC1NC(=O)CN(C(C)c2ccccc2)C1=O. The van der Waals surface area contributed by atoms with Crippen LogP contribution in [0.2, 0.25) is 0 Å². The Labute approximate surface area is 113 Å². The smallest absolute Gasteiger partial charge is 0.246 e. The van der Waals surface area contributed by atoms with Gasteiger partial charge >= 0.3 is 0 Å². The molecule has 0 aliphatic carbocycles. The van der Waals surface area contributed by atoms with Gasteiger partial charge in [0, 0.05) is 0 Å². The number of nitrogens with one attached hydrogen (secondary N) is 1. The highest BCUT2D eigenvalue weighted by Gasteiger charge is 2.34. The van der Waals surface area contributed by atoms with Crippen LogP contribution in [-0.2, 0) is 9.59 Å². The van der Waals surface area contributed by atoms with Crippen molar-refractivity contribution in [3.8, 4) is 0 Å². The van der Waals surface area contributed by atoms with Crippen LogP contribution in [0.1, 0.15) is 38.3 Å². The van der Waals surface area contributed by atoms with Gasteiger partial charge in [0.15, 0.2) is 0 Å². The van der Waals surface area contributed by atoms with E-state index in [1.165, 1.54) is 0 Å². The fraction of sp³-hybridized carbons (Fsp3) is 0.467. The van der Waals surface area contributed by atoms with E-state index < -0.39 is 0 Å². The Morgan fingerprint density at radius 2 is 2.00 bits per heavy atom. The third kappa shape index (κ3) is 2.95. The second-order valence-corrected chi connectivity index (χ2v) is 4.96. The lowest BCUT2D eigenvalue weighted by Gasteiger charge is -2.36. The minimum Gasteiger partial charge on any atom is -0.343 e. The molecule has 2 rings (SSSR count). The highest BCUT2D eigenvalue weighted by atomic mass is 16.2. The second-order valence-electron chi connectivity index (χ2n) is 4.96. The molecular formula is C15H20N2O2. The molecule has 1 aromatic rings. The van der Waals surface area contributed by atoms with Crippen molar-refractivity contribution in [1.82, 2.24) is 10.2 Å². The minimum absolute atomic E-state index is 0.0257. The van der Waals surface area contributed by atoms with Crippen LogP contribution in [0.3, 0.4) is 0 Å². The van der Waals surface area contributed by atoms with Crippen molar-refractivity contribution in [3.63, 3.8) is 0 Å². The van der Waals surface area contributed by atoms with E-state index in [9.17, 15) is 9.59 Å². The van der Waals surface area contributed by atoms with E-state index in [1.54, 1.807) is 4.90 Å². The summed E-state index contributed by atoms with van der Waals surface area (Å²) in [5, 5.41) is 2.77. The molecule has 102 valence electrons. The van der Waals surface area contributed by atoms with E-state index in [0.29, 0.717) is 6.42 Å². The van der Waals surface area contributed by atoms with Crippen molar-refractivity contribution in [2.24, 2.45) is 0 Å². The van der Waals surface area contributed by atoms with Gasteiger partial charge in [0.1, 0.15) is 12.6 Å². The van der Waals surface area contributed by atoms with Crippen molar-refractivity contribution < 1.29 is 9.59 Å². The predicted octanol–water partition coefficient (Wildman–Crippen LogP) is 1.87. The van der Waals surface area contributed by atoms with E-state index in [-0.39, 0.29) is 30.4 Å². The van der Waals surface area contributed by atoms with Crippen molar-refractivity contribution in [2.45, 2.75) is 38.8 Å². The largest absolute Gasteiger partial charge is 0.343 e. The molecule has 1 aliphatic rings. The lowest BCUT2D eigenvalue weighted by Crippen LogP contribution is -2.58. The maximum atomic E-state index is 12.4. The van der Waals surface area contributed by atoms with Gasteiger partial charge in [-0.3, -0.25) is 9.59 Å². The average Bonchev–Trinajstić information content (AvgIpc) is 2.43. The Morgan fingerprint density at radius 3 is 2.63 bits per heavy atom. The number of hydrogen-bond acceptors (Lipinski definition) is 2. The number of carbonyl (C=O) groups is 2. The van der Waals surface area contributed by atoms with Crippen LogP contribution >= 0.6 is 0 Å². The van der Waals surface area contributed by atoms with Crippen LogP contribution in [0.15, 0.2) is 30.3 Å². The standard InChI is InChI=1S/C15H20N2O2/c1-3-7-13-15(19)17(10-14(18)16-13)11(2)12-8-5-4-6-9-12/h4-6,8-9,11,13H,3,7,10H2,1-2H3,(H,16,18). The molecule has 2 atom stereocenters. The molecule has 1 N–H and O–H groups in total. The first-order chi connectivity index (χ1) is 9.13. The normalized spacial score (nSPS) is 21.2. The number of piperazine rings is 1. The Bertz CT molecular complexity index is 458. The fourth-order valence-electron chi connectivity index (χ4n) is 2.46. The van der Waals surface area contributed by atoms with Gasteiger partial charge in [0.2, 0.25) is 11.8 Å². The van der Waals surface area contributed by atoms with Crippen molar-refractivity contribution in [2.75, 3.05) is 6.54 Å². The van der Waals surface area contributed by atoms with Crippen LogP contribution in [0, 0.1) is 0 Å². The van der Waals surface area contributed by atoms with E-state index in [4.69, 9.17) is 0 Å². The average molecular weight is 260 g/mol. The molecule has 1 fully saturated rings. The van der Waals surface area contributed by atoms with E-state index in [2.05, 4.69) is 5.32 Å². The summed E-state index contributed by atoms with van der Waals surface area (Å²) >= 11 is 0. The molecule has 0 saturated carbocycles. The first-order valence-corrected chi connectivity index (χ1v) is 6.78. The van der Waals surface area contributed by atoms with Crippen molar-refractivity contribution in [3.05, 3.63) is 35.9 Å². The number of rotatable bonds is 4. The summed E-state index contributed by atoms with van der Waals surface area (Å²) in [6.07, 6.45) is 1.58. The Balaban J connectivity index is 2.18. The molecular weight excluding hydrogens is 240 g/mol. The molecule has 0 radical (unpaired) electrons.